The lowest BCUT2D eigenvalue weighted by Crippen LogP contribution is -2.26. The zero-order chi connectivity index (χ0) is 13.5. The second-order valence-electron chi connectivity index (χ2n) is 3.85. The van der Waals surface area contributed by atoms with Gasteiger partial charge in [0, 0.05) is 0 Å². The molecule has 1 aromatic rings. The molecule has 0 bridgehead atoms. The molecule has 0 N–H and O–H groups in total. The average molecular weight is 250 g/mol. The van der Waals surface area contributed by atoms with Crippen molar-refractivity contribution in [1.29, 1.82) is 0 Å². The second-order valence-corrected chi connectivity index (χ2v) is 3.85. The highest BCUT2D eigenvalue weighted by atomic mass is 16.6. The molecule has 0 radical (unpaired) electrons. The molecule has 0 fully saturated rings. The summed E-state index contributed by atoms with van der Waals surface area (Å²) >= 11 is 0. The third-order valence-corrected chi connectivity index (χ3v) is 2.42. The van der Waals surface area contributed by atoms with E-state index in [0.29, 0.717) is 5.56 Å². The second kappa shape index (κ2) is 6.79. The van der Waals surface area contributed by atoms with E-state index < -0.39 is 17.9 Å². The molecule has 0 unspecified atom stereocenters. The van der Waals surface area contributed by atoms with Crippen LogP contribution in [0.25, 0.3) is 0 Å². The lowest BCUT2D eigenvalue weighted by atomic mass is 9.98. The first-order chi connectivity index (χ1) is 8.60. The Labute approximate surface area is 107 Å². The number of hydrogen-bond acceptors (Lipinski definition) is 4. The molecule has 0 aliphatic carbocycles. The fraction of sp³-hybridized carbons (Fsp3) is 0.429. The molecule has 98 valence electrons. The number of carbonyl (C=O) groups excluding carboxylic acids is 2. The maximum Gasteiger partial charge on any atom is 0.324 e. The smallest absolute Gasteiger partial charge is 0.324 e. The van der Waals surface area contributed by atoms with Crippen LogP contribution in [0.2, 0.25) is 0 Å². The van der Waals surface area contributed by atoms with Gasteiger partial charge < -0.3 is 9.47 Å². The summed E-state index contributed by atoms with van der Waals surface area (Å²) in [5.74, 6) is -2.13. The minimum Gasteiger partial charge on any atom is -0.465 e. The van der Waals surface area contributed by atoms with Crippen molar-refractivity contribution >= 4 is 11.9 Å². The Balaban J connectivity index is 3.03. The highest BCUT2D eigenvalue weighted by Gasteiger charge is 2.31. The van der Waals surface area contributed by atoms with Crippen molar-refractivity contribution in [3.05, 3.63) is 35.4 Å². The van der Waals surface area contributed by atoms with Crippen molar-refractivity contribution in [2.75, 3.05) is 13.2 Å². The predicted octanol–water partition coefficient (Wildman–Crippen LogP) is 2.20. The van der Waals surface area contributed by atoms with Crippen LogP contribution in [0.5, 0.6) is 0 Å². The summed E-state index contributed by atoms with van der Waals surface area (Å²) in [6.07, 6.45) is 0. The molecular formula is C14H18O4. The summed E-state index contributed by atoms with van der Waals surface area (Å²) in [4.78, 5) is 23.7. The molecule has 0 saturated heterocycles. The van der Waals surface area contributed by atoms with E-state index in [4.69, 9.17) is 9.47 Å². The lowest BCUT2D eigenvalue weighted by Gasteiger charge is -2.15. The summed E-state index contributed by atoms with van der Waals surface area (Å²) in [6, 6.07) is 7.22. The molecule has 0 aliphatic heterocycles. The summed E-state index contributed by atoms with van der Waals surface area (Å²) in [5.41, 5.74) is 1.58. The molecule has 0 aromatic heterocycles. The normalized spacial score (nSPS) is 10.2. The monoisotopic (exact) mass is 250 g/mol. The van der Waals surface area contributed by atoms with Crippen LogP contribution in [0, 0.1) is 6.92 Å². The molecule has 0 aliphatic rings. The maximum atomic E-state index is 11.8. The number of rotatable bonds is 5. The summed E-state index contributed by atoms with van der Waals surface area (Å²) in [7, 11) is 0. The van der Waals surface area contributed by atoms with Gasteiger partial charge in [0.1, 0.15) is 0 Å². The fourth-order valence-electron chi connectivity index (χ4n) is 1.67. The van der Waals surface area contributed by atoms with Gasteiger partial charge in [0.2, 0.25) is 0 Å². The van der Waals surface area contributed by atoms with Crippen molar-refractivity contribution in [3.63, 3.8) is 0 Å². The molecule has 0 heterocycles. The first-order valence-electron chi connectivity index (χ1n) is 6.00. The molecule has 4 heteroatoms. The first kappa shape index (κ1) is 14.2. The topological polar surface area (TPSA) is 52.6 Å². The molecule has 18 heavy (non-hydrogen) atoms. The van der Waals surface area contributed by atoms with Crippen LogP contribution in [-0.2, 0) is 19.1 Å². The molecule has 1 aromatic carbocycles. The van der Waals surface area contributed by atoms with Gasteiger partial charge in [-0.2, -0.15) is 0 Å². The van der Waals surface area contributed by atoms with Crippen LogP contribution in [-0.4, -0.2) is 25.2 Å². The third-order valence-electron chi connectivity index (χ3n) is 2.42. The van der Waals surface area contributed by atoms with Gasteiger partial charge in [-0.3, -0.25) is 9.59 Å². The zero-order valence-electron chi connectivity index (χ0n) is 10.9. The molecule has 1 rings (SSSR count). The van der Waals surface area contributed by atoms with Gasteiger partial charge >= 0.3 is 11.9 Å². The lowest BCUT2D eigenvalue weighted by molar-refractivity contribution is -0.156. The molecule has 0 atom stereocenters. The highest BCUT2D eigenvalue weighted by Crippen LogP contribution is 2.20. The highest BCUT2D eigenvalue weighted by molar-refractivity contribution is 6.00. The van der Waals surface area contributed by atoms with E-state index in [1.165, 1.54) is 0 Å². The van der Waals surface area contributed by atoms with Crippen molar-refractivity contribution in [2.45, 2.75) is 26.7 Å². The van der Waals surface area contributed by atoms with E-state index in [1.807, 2.05) is 13.0 Å². The van der Waals surface area contributed by atoms with Crippen LogP contribution in [0.4, 0.5) is 0 Å². The Hall–Kier alpha value is -1.84. The number of ether oxygens (including phenoxy) is 2. The van der Waals surface area contributed by atoms with Crippen molar-refractivity contribution < 1.29 is 19.1 Å². The number of benzene rings is 1. The zero-order valence-corrected chi connectivity index (χ0v) is 10.9. The fourth-order valence-corrected chi connectivity index (χ4v) is 1.67. The first-order valence-corrected chi connectivity index (χ1v) is 6.00. The van der Waals surface area contributed by atoms with Gasteiger partial charge in [0.15, 0.2) is 5.92 Å². The van der Waals surface area contributed by atoms with Crippen molar-refractivity contribution in [1.82, 2.24) is 0 Å². The Morgan fingerprint density at radius 2 is 1.67 bits per heavy atom. The van der Waals surface area contributed by atoms with Crippen LogP contribution in [0.15, 0.2) is 24.3 Å². The van der Waals surface area contributed by atoms with Crippen molar-refractivity contribution in [2.24, 2.45) is 0 Å². The average Bonchev–Trinajstić information content (AvgIpc) is 2.30. The molecule has 0 amide bonds. The molecule has 0 spiro atoms. The Kier molecular flexibility index (Phi) is 5.36. The maximum absolute atomic E-state index is 11.8. The van der Waals surface area contributed by atoms with Gasteiger partial charge in [0.25, 0.3) is 0 Å². The van der Waals surface area contributed by atoms with Crippen LogP contribution in [0.1, 0.15) is 30.9 Å². The van der Waals surface area contributed by atoms with Crippen LogP contribution >= 0.6 is 0 Å². The Morgan fingerprint density at radius 1 is 1.11 bits per heavy atom. The van der Waals surface area contributed by atoms with Gasteiger partial charge in [-0.25, -0.2) is 0 Å². The molecule has 4 nitrogen and oxygen atoms in total. The van der Waals surface area contributed by atoms with E-state index >= 15 is 0 Å². The van der Waals surface area contributed by atoms with E-state index in [-0.39, 0.29) is 13.2 Å². The standard InChI is InChI=1S/C14H18O4/c1-4-17-13(15)12(14(16)18-5-2)11-8-6-7-10(3)9-11/h6-9,12H,4-5H2,1-3H3. The number of hydrogen-bond donors (Lipinski definition) is 0. The molecular weight excluding hydrogens is 232 g/mol. The van der Waals surface area contributed by atoms with Gasteiger partial charge in [-0.15, -0.1) is 0 Å². The van der Waals surface area contributed by atoms with Gasteiger partial charge in [-0.05, 0) is 26.3 Å². The number of aryl methyl sites for hydroxylation is 1. The van der Waals surface area contributed by atoms with Gasteiger partial charge in [-0.1, -0.05) is 29.8 Å². The summed E-state index contributed by atoms with van der Waals surface area (Å²) in [5, 5.41) is 0. The van der Waals surface area contributed by atoms with Gasteiger partial charge in [0.05, 0.1) is 13.2 Å². The minimum absolute atomic E-state index is 0.237. The van der Waals surface area contributed by atoms with E-state index in [0.717, 1.165) is 5.56 Å². The van der Waals surface area contributed by atoms with E-state index in [2.05, 4.69) is 0 Å². The van der Waals surface area contributed by atoms with Crippen molar-refractivity contribution in [3.8, 4) is 0 Å². The largest absolute Gasteiger partial charge is 0.465 e. The minimum atomic E-state index is -0.996. The quantitative estimate of drug-likeness (QED) is 0.594. The molecule has 0 saturated carbocycles. The van der Waals surface area contributed by atoms with E-state index in [9.17, 15) is 9.59 Å². The SMILES string of the molecule is CCOC(=O)C(C(=O)OCC)c1cccc(C)c1. The predicted molar refractivity (Wildman–Crippen MR) is 67.2 cm³/mol. The number of esters is 2. The van der Waals surface area contributed by atoms with E-state index in [1.54, 1.807) is 32.0 Å². The Morgan fingerprint density at radius 3 is 2.11 bits per heavy atom. The summed E-state index contributed by atoms with van der Waals surface area (Å²) in [6.45, 7) is 5.78. The third kappa shape index (κ3) is 3.58. The number of carbonyl (C=O) groups is 2. The van der Waals surface area contributed by atoms with Crippen LogP contribution < -0.4 is 0 Å². The summed E-state index contributed by atoms with van der Waals surface area (Å²) < 4.78 is 9.85. The van der Waals surface area contributed by atoms with Crippen LogP contribution in [0.3, 0.4) is 0 Å². The Bertz CT molecular complexity index is 408.